The normalized spacial score (nSPS) is 13.8. The summed E-state index contributed by atoms with van der Waals surface area (Å²) in [5, 5.41) is 5.96. The molecule has 0 radical (unpaired) electrons. The molecular weight excluding hydrogens is 231 g/mol. The van der Waals surface area contributed by atoms with Crippen LogP contribution in [0.2, 0.25) is 0 Å². The van der Waals surface area contributed by atoms with Gasteiger partial charge in [0, 0.05) is 11.7 Å². The smallest absolute Gasteiger partial charge is 0.242 e. The molecule has 2 N–H and O–H groups in total. The van der Waals surface area contributed by atoms with E-state index in [1.54, 1.807) is 26.0 Å². The summed E-state index contributed by atoms with van der Waals surface area (Å²) in [6.45, 7) is 7.47. The summed E-state index contributed by atoms with van der Waals surface area (Å²) in [6, 6.07) is 4.55. The fourth-order valence-corrected chi connectivity index (χ4v) is 1.52. The second-order valence-corrected chi connectivity index (χ2v) is 4.65. The molecule has 2 atom stereocenters. The number of hydrogen-bond acceptors (Lipinski definition) is 2. The van der Waals surface area contributed by atoms with Gasteiger partial charge < -0.3 is 10.6 Å². The van der Waals surface area contributed by atoms with Crippen molar-refractivity contribution in [2.75, 3.05) is 5.32 Å². The van der Waals surface area contributed by atoms with Gasteiger partial charge in [0.1, 0.15) is 11.9 Å². The van der Waals surface area contributed by atoms with Gasteiger partial charge in [0.2, 0.25) is 5.91 Å². The van der Waals surface area contributed by atoms with Gasteiger partial charge in [0.05, 0.1) is 0 Å². The zero-order valence-corrected chi connectivity index (χ0v) is 11.4. The molecule has 0 aliphatic rings. The third kappa shape index (κ3) is 4.02. The Hall–Kier alpha value is -1.58. The minimum atomic E-state index is -0.344. The summed E-state index contributed by atoms with van der Waals surface area (Å²) in [5.41, 5.74) is 1.32. The number of hydrogen-bond donors (Lipinski definition) is 2. The van der Waals surface area contributed by atoms with Gasteiger partial charge in [-0.2, -0.15) is 0 Å². The summed E-state index contributed by atoms with van der Waals surface area (Å²) < 4.78 is 13.1. The number of anilines is 1. The Kier molecular flexibility index (Phi) is 5.13. The quantitative estimate of drug-likeness (QED) is 0.846. The SMILES string of the molecule is CCC(C)NC(=O)C(C)Nc1ccc(F)c(C)c1. The molecule has 1 rings (SSSR count). The highest BCUT2D eigenvalue weighted by Crippen LogP contribution is 2.14. The second-order valence-electron chi connectivity index (χ2n) is 4.65. The first-order valence-electron chi connectivity index (χ1n) is 6.27. The van der Waals surface area contributed by atoms with Crippen LogP contribution in [0, 0.1) is 12.7 Å². The lowest BCUT2D eigenvalue weighted by Gasteiger charge is -2.18. The van der Waals surface area contributed by atoms with Crippen molar-refractivity contribution in [1.82, 2.24) is 5.32 Å². The van der Waals surface area contributed by atoms with E-state index in [0.717, 1.165) is 12.1 Å². The Morgan fingerprint density at radius 1 is 1.39 bits per heavy atom. The Balaban J connectivity index is 2.60. The standard InChI is InChI=1S/C14H21FN2O/c1-5-10(3)16-14(18)11(4)17-12-6-7-13(15)9(2)8-12/h6-8,10-11,17H,5H2,1-4H3,(H,16,18). The molecular formula is C14H21FN2O. The van der Waals surface area contributed by atoms with Crippen LogP contribution in [0.3, 0.4) is 0 Å². The van der Waals surface area contributed by atoms with Crippen molar-refractivity contribution in [3.8, 4) is 0 Å². The van der Waals surface area contributed by atoms with Gasteiger partial charge in [-0.05, 0) is 51.0 Å². The molecule has 0 heterocycles. The van der Waals surface area contributed by atoms with Crippen LogP contribution in [-0.4, -0.2) is 18.0 Å². The monoisotopic (exact) mass is 252 g/mol. The molecule has 0 fully saturated rings. The number of amides is 1. The molecule has 0 saturated heterocycles. The Morgan fingerprint density at radius 2 is 2.06 bits per heavy atom. The van der Waals surface area contributed by atoms with Crippen LogP contribution in [-0.2, 0) is 4.79 Å². The van der Waals surface area contributed by atoms with Crippen LogP contribution in [0.25, 0.3) is 0 Å². The number of nitrogens with one attached hydrogen (secondary N) is 2. The number of aryl methyl sites for hydroxylation is 1. The van der Waals surface area contributed by atoms with Crippen LogP contribution in [0.5, 0.6) is 0 Å². The van der Waals surface area contributed by atoms with Crippen LogP contribution in [0.1, 0.15) is 32.8 Å². The van der Waals surface area contributed by atoms with Crippen molar-refractivity contribution in [3.63, 3.8) is 0 Å². The lowest BCUT2D eigenvalue weighted by molar-refractivity contribution is -0.122. The summed E-state index contributed by atoms with van der Waals surface area (Å²) >= 11 is 0. The predicted octanol–water partition coefficient (Wildman–Crippen LogP) is 2.85. The average Bonchev–Trinajstić information content (AvgIpc) is 2.33. The number of halogens is 1. The van der Waals surface area contributed by atoms with Gasteiger partial charge in [0.15, 0.2) is 0 Å². The van der Waals surface area contributed by atoms with Crippen LogP contribution in [0.4, 0.5) is 10.1 Å². The minimum absolute atomic E-state index is 0.0497. The van der Waals surface area contributed by atoms with E-state index in [1.165, 1.54) is 6.07 Å². The van der Waals surface area contributed by atoms with Crippen molar-refractivity contribution in [2.24, 2.45) is 0 Å². The largest absolute Gasteiger partial charge is 0.374 e. The van der Waals surface area contributed by atoms with Crippen molar-refractivity contribution < 1.29 is 9.18 Å². The first-order valence-corrected chi connectivity index (χ1v) is 6.27. The molecule has 18 heavy (non-hydrogen) atoms. The maximum atomic E-state index is 13.1. The topological polar surface area (TPSA) is 41.1 Å². The predicted molar refractivity (Wildman–Crippen MR) is 72.1 cm³/mol. The van der Waals surface area contributed by atoms with E-state index < -0.39 is 0 Å². The molecule has 0 aromatic heterocycles. The van der Waals surface area contributed by atoms with E-state index in [0.29, 0.717) is 5.56 Å². The van der Waals surface area contributed by atoms with Gasteiger partial charge in [-0.3, -0.25) is 4.79 Å². The minimum Gasteiger partial charge on any atom is -0.374 e. The molecule has 1 aromatic carbocycles. The lowest BCUT2D eigenvalue weighted by Crippen LogP contribution is -2.41. The van der Waals surface area contributed by atoms with Gasteiger partial charge in [-0.25, -0.2) is 4.39 Å². The molecule has 100 valence electrons. The lowest BCUT2D eigenvalue weighted by atomic mass is 10.2. The Morgan fingerprint density at radius 3 is 2.61 bits per heavy atom. The fraction of sp³-hybridized carbons (Fsp3) is 0.500. The van der Waals surface area contributed by atoms with Crippen molar-refractivity contribution >= 4 is 11.6 Å². The fourth-order valence-electron chi connectivity index (χ4n) is 1.52. The molecule has 3 nitrogen and oxygen atoms in total. The van der Waals surface area contributed by atoms with E-state index in [2.05, 4.69) is 10.6 Å². The molecule has 0 saturated carbocycles. The Bertz CT molecular complexity index is 420. The highest BCUT2D eigenvalue weighted by molar-refractivity contribution is 5.84. The van der Waals surface area contributed by atoms with E-state index >= 15 is 0 Å². The van der Waals surface area contributed by atoms with Crippen molar-refractivity contribution in [3.05, 3.63) is 29.6 Å². The number of rotatable bonds is 5. The highest BCUT2D eigenvalue weighted by Gasteiger charge is 2.14. The van der Waals surface area contributed by atoms with E-state index in [9.17, 15) is 9.18 Å². The average molecular weight is 252 g/mol. The van der Waals surface area contributed by atoms with E-state index in [1.807, 2.05) is 13.8 Å². The number of carbonyl (C=O) groups is 1. The van der Waals surface area contributed by atoms with E-state index in [-0.39, 0.29) is 23.8 Å². The maximum absolute atomic E-state index is 13.1. The first kappa shape index (κ1) is 14.5. The van der Waals surface area contributed by atoms with Crippen molar-refractivity contribution in [2.45, 2.75) is 46.2 Å². The molecule has 2 unspecified atom stereocenters. The maximum Gasteiger partial charge on any atom is 0.242 e. The summed E-state index contributed by atoms with van der Waals surface area (Å²) in [5.74, 6) is -0.288. The van der Waals surface area contributed by atoms with Gasteiger partial charge in [-0.1, -0.05) is 6.92 Å². The Labute approximate surface area is 108 Å². The molecule has 4 heteroatoms. The van der Waals surface area contributed by atoms with E-state index in [4.69, 9.17) is 0 Å². The molecule has 0 aliphatic heterocycles. The van der Waals surface area contributed by atoms with Crippen LogP contribution < -0.4 is 10.6 Å². The molecule has 1 aromatic rings. The van der Waals surface area contributed by atoms with Gasteiger partial charge >= 0.3 is 0 Å². The summed E-state index contributed by atoms with van der Waals surface area (Å²) in [4.78, 5) is 11.8. The first-order chi connectivity index (χ1) is 8.43. The highest BCUT2D eigenvalue weighted by atomic mass is 19.1. The molecule has 0 spiro atoms. The van der Waals surface area contributed by atoms with Crippen LogP contribution in [0.15, 0.2) is 18.2 Å². The van der Waals surface area contributed by atoms with Crippen molar-refractivity contribution in [1.29, 1.82) is 0 Å². The summed E-state index contributed by atoms with van der Waals surface area (Å²) in [6.07, 6.45) is 0.897. The third-order valence-corrected chi connectivity index (χ3v) is 2.94. The van der Waals surface area contributed by atoms with Gasteiger partial charge in [-0.15, -0.1) is 0 Å². The molecule has 0 bridgehead atoms. The molecule has 1 amide bonds. The number of benzene rings is 1. The second kappa shape index (κ2) is 6.38. The zero-order valence-electron chi connectivity index (χ0n) is 11.4. The summed E-state index contributed by atoms with van der Waals surface area (Å²) in [7, 11) is 0. The van der Waals surface area contributed by atoms with Gasteiger partial charge in [0.25, 0.3) is 0 Å². The number of carbonyl (C=O) groups excluding carboxylic acids is 1. The van der Waals surface area contributed by atoms with Crippen LogP contribution >= 0.6 is 0 Å². The third-order valence-electron chi connectivity index (χ3n) is 2.94. The zero-order chi connectivity index (χ0) is 13.7. The molecule has 0 aliphatic carbocycles.